The first-order valence-electron chi connectivity index (χ1n) is 7.74. The molecule has 0 spiro atoms. The second-order valence-electron chi connectivity index (χ2n) is 5.31. The van der Waals surface area contributed by atoms with Crippen LogP contribution in [0.15, 0.2) is 66.4 Å². The lowest BCUT2D eigenvalue weighted by Crippen LogP contribution is -2.24. The zero-order chi connectivity index (χ0) is 18.1. The van der Waals surface area contributed by atoms with Crippen molar-refractivity contribution >= 4 is 11.6 Å². The molecule has 0 fully saturated rings. The molecule has 128 valence electrons. The summed E-state index contributed by atoms with van der Waals surface area (Å²) in [5.41, 5.74) is 1.10. The Balaban J connectivity index is 2.16. The van der Waals surface area contributed by atoms with E-state index in [2.05, 4.69) is 5.32 Å². The van der Waals surface area contributed by atoms with Gasteiger partial charge in [0.2, 0.25) is 0 Å². The van der Waals surface area contributed by atoms with Gasteiger partial charge in [-0.2, -0.15) is 5.26 Å². The standard InChI is InChI=1S/C19H19N3O3/c20-12-16(19(25)21-17-8-4-5-9-18(17)24)14-22(10-11-23)13-15-6-2-1-3-7-15/h1-9,14,23-24H,10-11,13H2,(H,21,25)/b16-14-. The molecule has 0 aromatic heterocycles. The lowest BCUT2D eigenvalue weighted by molar-refractivity contribution is -0.112. The van der Waals surface area contributed by atoms with Crippen molar-refractivity contribution in [1.82, 2.24) is 4.90 Å². The summed E-state index contributed by atoms with van der Waals surface area (Å²) in [4.78, 5) is 14.0. The zero-order valence-corrected chi connectivity index (χ0v) is 13.6. The fourth-order valence-electron chi connectivity index (χ4n) is 2.23. The summed E-state index contributed by atoms with van der Waals surface area (Å²) in [5.74, 6) is -0.704. The number of carbonyl (C=O) groups excluding carboxylic acids is 1. The number of rotatable bonds is 7. The lowest BCUT2D eigenvalue weighted by atomic mass is 10.2. The number of nitrogens with one attached hydrogen (secondary N) is 1. The number of hydrogen-bond acceptors (Lipinski definition) is 5. The summed E-state index contributed by atoms with van der Waals surface area (Å²) in [5, 5.41) is 30.7. The number of aromatic hydroxyl groups is 1. The van der Waals surface area contributed by atoms with Crippen molar-refractivity contribution in [2.45, 2.75) is 6.54 Å². The van der Waals surface area contributed by atoms with Gasteiger partial charge in [-0.3, -0.25) is 4.79 Å². The van der Waals surface area contributed by atoms with Crippen molar-refractivity contribution in [3.8, 4) is 11.8 Å². The zero-order valence-electron chi connectivity index (χ0n) is 13.6. The molecule has 2 aromatic carbocycles. The fourth-order valence-corrected chi connectivity index (χ4v) is 2.23. The van der Waals surface area contributed by atoms with Gasteiger partial charge in [-0.25, -0.2) is 0 Å². The molecule has 0 saturated carbocycles. The van der Waals surface area contributed by atoms with E-state index in [0.29, 0.717) is 6.54 Å². The molecule has 6 heteroatoms. The molecule has 0 atom stereocenters. The van der Waals surface area contributed by atoms with E-state index in [1.807, 2.05) is 36.4 Å². The molecule has 3 N–H and O–H groups in total. The number of aliphatic hydroxyl groups excluding tert-OH is 1. The molecule has 25 heavy (non-hydrogen) atoms. The van der Waals surface area contributed by atoms with E-state index in [0.717, 1.165) is 5.56 Å². The first kappa shape index (κ1) is 18.0. The average molecular weight is 337 g/mol. The van der Waals surface area contributed by atoms with Gasteiger partial charge in [0.05, 0.1) is 12.3 Å². The third-order valence-corrected chi connectivity index (χ3v) is 3.44. The minimum atomic E-state index is -0.625. The summed E-state index contributed by atoms with van der Waals surface area (Å²) in [7, 11) is 0. The molecule has 6 nitrogen and oxygen atoms in total. The van der Waals surface area contributed by atoms with Crippen LogP contribution in [0, 0.1) is 11.3 Å². The number of para-hydroxylation sites is 2. The quantitative estimate of drug-likeness (QED) is 0.409. The number of benzene rings is 2. The third kappa shape index (κ3) is 5.37. The van der Waals surface area contributed by atoms with Gasteiger partial charge in [-0.15, -0.1) is 0 Å². The van der Waals surface area contributed by atoms with Gasteiger partial charge in [0.15, 0.2) is 0 Å². The van der Waals surface area contributed by atoms with Crippen LogP contribution in [-0.2, 0) is 11.3 Å². The second-order valence-corrected chi connectivity index (χ2v) is 5.31. The molecule has 1 amide bonds. The largest absolute Gasteiger partial charge is 0.506 e. The minimum absolute atomic E-state index is 0.0790. The van der Waals surface area contributed by atoms with E-state index < -0.39 is 5.91 Å². The van der Waals surface area contributed by atoms with Crippen molar-refractivity contribution in [2.75, 3.05) is 18.5 Å². The summed E-state index contributed by atoms with van der Waals surface area (Å²) in [6.45, 7) is 0.628. The molecule has 0 aliphatic rings. The van der Waals surface area contributed by atoms with Crippen molar-refractivity contribution in [3.63, 3.8) is 0 Å². The van der Waals surface area contributed by atoms with Gasteiger partial charge < -0.3 is 20.4 Å². The Hall–Kier alpha value is -3.30. The van der Waals surface area contributed by atoms with Gasteiger partial charge in [-0.05, 0) is 17.7 Å². The molecule has 0 aliphatic carbocycles. The number of phenols is 1. The maximum absolute atomic E-state index is 12.3. The summed E-state index contributed by atoms with van der Waals surface area (Å²) in [6.07, 6.45) is 1.42. The number of amides is 1. The monoisotopic (exact) mass is 337 g/mol. The Labute approximate surface area is 146 Å². The minimum Gasteiger partial charge on any atom is -0.506 e. The topological polar surface area (TPSA) is 96.6 Å². The number of phenolic OH excluding ortho intramolecular Hbond substituents is 1. The normalized spacial score (nSPS) is 10.8. The van der Waals surface area contributed by atoms with Crippen LogP contribution < -0.4 is 5.32 Å². The molecule has 0 bridgehead atoms. The smallest absolute Gasteiger partial charge is 0.267 e. The van der Waals surface area contributed by atoms with Crippen LogP contribution in [-0.4, -0.2) is 34.2 Å². The third-order valence-electron chi connectivity index (χ3n) is 3.44. The van der Waals surface area contributed by atoms with E-state index in [1.54, 1.807) is 17.0 Å². The van der Waals surface area contributed by atoms with E-state index in [-0.39, 0.29) is 30.2 Å². The maximum Gasteiger partial charge on any atom is 0.267 e. The molecule has 2 aromatic rings. The van der Waals surface area contributed by atoms with Crippen LogP contribution in [0.5, 0.6) is 5.75 Å². The Kier molecular flexibility index (Phi) is 6.57. The predicted octanol–water partition coefficient (Wildman–Crippen LogP) is 2.23. The Bertz CT molecular complexity index is 782. The number of aliphatic hydroxyl groups is 1. The van der Waals surface area contributed by atoms with Crippen LogP contribution in [0.4, 0.5) is 5.69 Å². The Morgan fingerprint density at radius 3 is 2.48 bits per heavy atom. The highest BCUT2D eigenvalue weighted by molar-refractivity contribution is 6.07. The van der Waals surface area contributed by atoms with E-state index in [9.17, 15) is 20.3 Å². The van der Waals surface area contributed by atoms with Crippen molar-refractivity contribution in [1.29, 1.82) is 5.26 Å². The Morgan fingerprint density at radius 1 is 1.16 bits per heavy atom. The lowest BCUT2D eigenvalue weighted by Gasteiger charge is -2.20. The van der Waals surface area contributed by atoms with Crippen LogP contribution in [0.3, 0.4) is 0 Å². The number of anilines is 1. The molecular formula is C19H19N3O3. The maximum atomic E-state index is 12.3. The number of nitriles is 1. The molecular weight excluding hydrogens is 318 g/mol. The second kappa shape index (κ2) is 9.11. The van der Waals surface area contributed by atoms with Crippen LogP contribution >= 0.6 is 0 Å². The van der Waals surface area contributed by atoms with E-state index in [1.165, 1.54) is 18.3 Å². The van der Waals surface area contributed by atoms with Gasteiger partial charge in [0.25, 0.3) is 5.91 Å². The van der Waals surface area contributed by atoms with Crippen LogP contribution in [0.1, 0.15) is 5.56 Å². The highest BCUT2D eigenvalue weighted by Gasteiger charge is 2.13. The first-order valence-corrected chi connectivity index (χ1v) is 7.74. The number of hydrogen-bond donors (Lipinski definition) is 3. The molecule has 0 unspecified atom stereocenters. The van der Waals surface area contributed by atoms with E-state index in [4.69, 9.17) is 0 Å². The van der Waals surface area contributed by atoms with Crippen molar-refractivity contribution < 1.29 is 15.0 Å². The fraction of sp³-hybridized carbons (Fsp3) is 0.158. The Morgan fingerprint density at radius 2 is 1.84 bits per heavy atom. The molecule has 0 heterocycles. The summed E-state index contributed by atoms with van der Waals surface area (Å²) in [6, 6.07) is 17.7. The van der Waals surface area contributed by atoms with Gasteiger partial charge in [0, 0.05) is 19.3 Å². The highest BCUT2D eigenvalue weighted by atomic mass is 16.3. The van der Waals surface area contributed by atoms with Gasteiger partial charge in [0.1, 0.15) is 17.4 Å². The van der Waals surface area contributed by atoms with Crippen molar-refractivity contribution in [2.24, 2.45) is 0 Å². The predicted molar refractivity (Wildman–Crippen MR) is 94.4 cm³/mol. The number of carbonyl (C=O) groups is 1. The highest BCUT2D eigenvalue weighted by Crippen LogP contribution is 2.22. The first-order chi connectivity index (χ1) is 12.1. The van der Waals surface area contributed by atoms with E-state index >= 15 is 0 Å². The van der Waals surface area contributed by atoms with Gasteiger partial charge in [-0.1, -0.05) is 42.5 Å². The van der Waals surface area contributed by atoms with Crippen LogP contribution in [0.25, 0.3) is 0 Å². The van der Waals surface area contributed by atoms with Gasteiger partial charge >= 0.3 is 0 Å². The average Bonchev–Trinajstić information content (AvgIpc) is 2.62. The summed E-state index contributed by atoms with van der Waals surface area (Å²) >= 11 is 0. The molecule has 2 rings (SSSR count). The SMILES string of the molecule is N#C/C(=C/N(CCO)Cc1ccccc1)C(=O)Nc1ccccc1O. The molecule has 0 aliphatic heterocycles. The van der Waals surface area contributed by atoms with Crippen LogP contribution in [0.2, 0.25) is 0 Å². The van der Waals surface area contributed by atoms with Crippen molar-refractivity contribution in [3.05, 3.63) is 71.9 Å². The molecule has 0 radical (unpaired) electrons. The summed E-state index contributed by atoms with van der Waals surface area (Å²) < 4.78 is 0. The molecule has 0 saturated heterocycles. The number of nitrogens with zero attached hydrogens (tertiary/aromatic N) is 2.